The van der Waals surface area contributed by atoms with Crippen molar-refractivity contribution >= 4 is 5.97 Å². The van der Waals surface area contributed by atoms with Crippen LogP contribution >= 0.6 is 0 Å². The van der Waals surface area contributed by atoms with Crippen LogP contribution in [0, 0.1) is 5.92 Å². The topological polar surface area (TPSA) is 61.5 Å². The highest BCUT2D eigenvalue weighted by atomic mass is 16.6. The smallest absolute Gasteiger partial charge is 0.323 e. The van der Waals surface area contributed by atoms with Gasteiger partial charge >= 0.3 is 5.97 Å². The van der Waals surface area contributed by atoms with Gasteiger partial charge in [0.1, 0.15) is 24.0 Å². The van der Waals surface area contributed by atoms with Gasteiger partial charge in [-0.05, 0) is 31.9 Å². The van der Waals surface area contributed by atoms with Crippen LogP contribution in [0.25, 0.3) is 0 Å². The fraction of sp³-hybridized carbons (Fsp3) is 0.533. The standard InChI is InChI=1S/C15H23NO3/c1-10(2)14(12(4)18-15(17)11(3)16)19-13-8-6-5-7-9-13/h5-12,14H,16H2,1-4H3/t11-,12-,14+/m0/s1. The molecule has 0 aliphatic carbocycles. The van der Waals surface area contributed by atoms with E-state index in [4.69, 9.17) is 15.2 Å². The van der Waals surface area contributed by atoms with Crippen LogP contribution in [-0.2, 0) is 9.53 Å². The number of esters is 1. The Bertz CT molecular complexity index is 390. The predicted octanol–water partition coefficient (Wildman–Crippen LogP) is 2.37. The van der Waals surface area contributed by atoms with E-state index in [1.165, 1.54) is 0 Å². The van der Waals surface area contributed by atoms with Gasteiger partial charge in [-0.1, -0.05) is 32.0 Å². The number of nitrogens with two attached hydrogens (primary N) is 1. The maximum atomic E-state index is 11.5. The molecule has 0 spiro atoms. The Labute approximate surface area is 114 Å². The van der Waals surface area contributed by atoms with Gasteiger partial charge in [-0.2, -0.15) is 0 Å². The Hall–Kier alpha value is -1.55. The molecule has 3 atom stereocenters. The molecule has 0 amide bonds. The summed E-state index contributed by atoms with van der Waals surface area (Å²) in [6, 6.07) is 8.89. The lowest BCUT2D eigenvalue weighted by atomic mass is 10.0. The average molecular weight is 265 g/mol. The van der Waals surface area contributed by atoms with Crippen molar-refractivity contribution < 1.29 is 14.3 Å². The van der Waals surface area contributed by atoms with Crippen molar-refractivity contribution in [3.8, 4) is 5.75 Å². The van der Waals surface area contributed by atoms with Crippen LogP contribution in [0.1, 0.15) is 27.7 Å². The summed E-state index contributed by atoms with van der Waals surface area (Å²) in [5, 5.41) is 0. The number of carbonyl (C=O) groups excluding carboxylic acids is 1. The molecule has 4 nitrogen and oxygen atoms in total. The SMILES string of the molecule is CC(C)[C@@H](Oc1ccccc1)[C@H](C)OC(=O)[C@H](C)N. The molecule has 2 N–H and O–H groups in total. The van der Waals surface area contributed by atoms with Crippen molar-refractivity contribution in [1.82, 2.24) is 0 Å². The Morgan fingerprint density at radius 2 is 1.68 bits per heavy atom. The van der Waals surface area contributed by atoms with E-state index in [0.717, 1.165) is 5.75 Å². The number of benzene rings is 1. The van der Waals surface area contributed by atoms with E-state index < -0.39 is 12.0 Å². The average Bonchev–Trinajstić information content (AvgIpc) is 2.36. The molecular formula is C15H23NO3. The molecule has 0 saturated heterocycles. The lowest BCUT2D eigenvalue weighted by molar-refractivity contribution is -0.155. The fourth-order valence-corrected chi connectivity index (χ4v) is 1.79. The minimum absolute atomic E-state index is 0.204. The molecule has 0 aromatic heterocycles. The van der Waals surface area contributed by atoms with Gasteiger partial charge in [0.05, 0.1) is 0 Å². The minimum atomic E-state index is -0.619. The Balaban J connectivity index is 2.69. The van der Waals surface area contributed by atoms with Gasteiger partial charge in [-0.15, -0.1) is 0 Å². The number of ether oxygens (including phenoxy) is 2. The zero-order valence-electron chi connectivity index (χ0n) is 12.0. The van der Waals surface area contributed by atoms with Gasteiger partial charge < -0.3 is 15.2 Å². The summed E-state index contributed by atoms with van der Waals surface area (Å²) in [7, 11) is 0. The fourth-order valence-electron chi connectivity index (χ4n) is 1.79. The second kappa shape index (κ2) is 7.14. The lowest BCUT2D eigenvalue weighted by Crippen LogP contribution is -2.41. The summed E-state index contributed by atoms with van der Waals surface area (Å²) in [5.41, 5.74) is 5.50. The van der Waals surface area contributed by atoms with E-state index >= 15 is 0 Å². The largest absolute Gasteiger partial charge is 0.486 e. The maximum Gasteiger partial charge on any atom is 0.323 e. The molecule has 0 fully saturated rings. The Morgan fingerprint density at radius 3 is 2.16 bits per heavy atom. The monoisotopic (exact) mass is 265 g/mol. The second-order valence-corrected chi connectivity index (χ2v) is 5.07. The highest BCUT2D eigenvalue weighted by molar-refractivity contribution is 5.75. The van der Waals surface area contributed by atoms with Crippen LogP contribution in [0.2, 0.25) is 0 Å². The van der Waals surface area contributed by atoms with Crippen molar-refractivity contribution in [1.29, 1.82) is 0 Å². The van der Waals surface area contributed by atoms with E-state index in [-0.39, 0.29) is 18.1 Å². The normalized spacial score (nSPS) is 15.7. The zero-order chi connectivity index (χ0) is 14.4. The van der Waals surface area contributed by atoms with Crippen molar-refractivity contribution in [3.63, 3.8) is 0 Å². The first-order valence-electron chi connectivity index (χ1n) is 6.59. The van der Waals surface area contributed by atoms with Gasteiger partial charge in [0.15, 0.2) is 0 Å². The van der Waals surface area contributed by atoms with E-state index in [2.05, 4.69) is 0 Å². The van der Waals surface area contributed by atoms with Crippen molar-refractivity contribution in [2.24, 2.45) is 11.7 Å². The van der Waals surface area contributed by atoms with Crippen LogP contribution in [0.3, 0.4) is 0 Å². The first-order chi connectivity index (χ1) is 8.91. The first kappa shape index (κ1) is 15.5. The molecule has 106 valence electrons. The summed E-state index contributed by atoms with van der Waals surface area (Å²) >= 11 is 0. The predicted molar refractivity (Wildman–Crippen MR) is 74.9 cm³/mol. The minimum Gasteiger partial charge on any atom is -0.486 e. The first-order valence-corrected chi connectivity index (χ1v) is 6.59. The number of para-hydroxylation sites is 1. The Kier molecular flexibility index (Phi) is 5.83. The van der Waals surface area contributed by atoms with Gasteiger partial charge in [0, 0.05) is 0 Å². The van der Waals surface area contributed by atoms with Gasteiger partial charge in [-0.25, -0.2) is 0 Å². The highest BCUT2D eigenvalue weighted by Crippen LogP contribution is 2.19. The van der Waals surface area contributed by atoms with E-state index in [1.54, 1.807) is 6.92 Å². The molecule has 1 aromatic carbocycles. The van der Waals surface area contributed by atoms with Crippen molar-refractivity contribution in [2.75, 3.05) is 0 Å². The maximum absolute atomic E-state index is 11.5. The molecule has 1 rings (SSSR count). The molecule has 1 aromatic rings. The molecule has 0 bridgehead atoms. The third-order valence-corrected chi connectivity index (χ3v) is 2.81. The van der Waals surface area contributed by atoms with Crippen LogP contribution in [0.15, 0.2) is 30.3 Å². The van der Waals surface area contributed by atoms with Crippen LogP contribution in [0.5, 0.6) is 5.75 Å². The molecule has 0 unspecified atom stereocenters. The molecule has 0 radical (unpaired) electrons. The van der Waals surface area contributed by atoms with Crippen LogP contribution in [-0.4, -0.2) is 24.2 Å². The molecule has 0 saturated carbocycles. The summed E-state index contributed by atoms with van der Waals surface area (Å²) in [4.78, 5) is 11.5. The van der Waals surface area contributed by atoms with Crippen molar-refractivity contribution in [3.05, 3.63) is 30.3 Å². The van der Waals surface area contributed by atoms with Gasteiger partial charge in [0.2, 0.25) is 0 Å². The number of hydrogen-bond donors (Lipinski definition) is 1. The van der Waals surface area contributed by atoms with Gasteiger partial charge in [-0.3, -0.25) is 4.79 Å². The molecule has 0 heterocycles. The summed E-state index contributed by atoms with van der Waals surface area (Å²) < 4.78 is 11.2. The van der Waals surface area contributed by atoms with E-state index in [1.807, 2.05) is 51.1 Å². The second-order valence-electron chi connectivity index (χ2n) is 5.07. The third-order valence-electron chi connectivity index (χ3n) is 2.81. The lowest BCUT2D eigenvalue weighted by Gasteiger charge is -2.28. The summed E-state index contributed by atoms with van der Waals surface area (Å²) in [6.07, 6.45) is -0.552. The summed E-state index contributed by atoms with van der Waals surface area (Å²) in [5.74, 6) is 0.579. The number of rotatable bonds is 6. The highest BCUT2D eigenvalue weighted by Gasteiger charge is 2.27. The van der Waals surface area contributed by atoms with Crippen LogP contribution in [0.4, 0.5) is 0 Å². The zero-order valence-corrected chi connectivity index (χ0v) is 12.0. The quantitative estimate of drug-likeness (QED) is 0.802. The molecular weight excluding hydrogens is 242 g/mol. The van der Waals surface area contributed by atoms with E-state index in [9.17, 15) is 4.79 Å². The van der Waals surface area contributed by atoms with Crippen LogP contribution < -0.4 is 10.5 Å². The number of carbonyl (C=O) groups is 1. The molecule has 0 aliphatic rings. The third kappa shape index (κ3) is 4.91. The van der Waals surface area contributed by atoms with Gasteiger partial charge in [0.25, 0.3) is 0 Å². The Morgan fingerprint density at radius 1 is 1.11 bits per heavy atom. The molecule has 4 heteroatoms. The molecule has 19 heavy (non-hydrogen) atoms. The van der Waals surface area contributed by atoms with Crippen molar-refractivity contribution in [2.45, 2.75) is 45.9 Å². The molecule has 0 aliphatic heterocycles. The number of hydrogen-bond acceptors (Lipinski definition) is 4. The summed E-state index contributed by atoms with van der Waals surface area (Å²) in [6.45, 7) is 7.50. The van der Waals surface area contributed by atoms with E-state index in [0.29, 0.717) is 0 Å².